The Labute approximate surface area is 122 Å². The van der Waals surface area contributed by atoms with Crippen LogP contribution in [0.25, 0.3) is 0 Å². The lowest BCUT2D eigenvalue weighted by atomic mass is 9.67. The van der Waals surface area contributed by atoms with Gasteiger partial charge in [0.1, 0.15) is 0 Å². The minimum absolute atomic E-state index is 0.122. The summed E-state index contributed by atoms with van der Waals surface area (Å²) in [4.78, 5) is 0. The first-order valence-electron chi connectivity index (χ1n) is 7.63. The Kier molecular flexibility index (Phi) is 2.99. The molecule has 0 aromatic heterocycles. The van der Waals surface area contributed by atoms with Crippen LogP contribution in [0, 0.1) is 28.6 Å². The number of hydrogen-bond acceptors (Lipinski definition) is 3. The lowest BCUT2D eigenvalue weighted by Gasteiger charge is -2.38. The molecule has 0 unspecified atom stereocenters. The molecule has 0 aromatic rings. The highest BCUT2D eigenvalue weighted by molar-refractivity contribution is 7.86. The van der Waals surface area contributed by atoms with Crippen molar-refractivity contribution in [1.29, 1.82) is 0 Å². The molecule has 0 heterocycles. The minimum atomic E-state index is -3.38. The Morgan fingerprint density at radius 2 is 2.00 bits per heavy atom. The van der Waals surface area contributed by atoms with Gasteiger partial charge in [0.2, 0.25) is 0 Å². The molecule has 3 aliphatic carbocycles. The SMILES string of the molecule is CC1=CC[C@@]23C[C@@H]1C(C)(C)[C@@H]2[C@@H](OS(C)(=O)=O)C[C@H]3C. The van der Waals surface area contributed by atoms with E-state index in [1.807, 2.05) is 0 Å². The molecule has 1 spiro atoms. The molecule has 20 heavy (non-hydrogen) atoms. The number of rotatable bonds is 2. The number of hydrogen-bond donors (Lipinski definition) is 0. The predicted molar refractivity (Wildman–Crippen MR) is 79.7 cm³/mol. The summed E-state index contributed by atoms with van der Waals surface area (Å²) >= 11 is 0. The largest absolute Gasteiger partial charge is 0.267 e. The maximum absolute atomic E-state index is 11.6. The second kappa shape index (κ2) is 4.10. The van der Waals surface area contributed by atoms with E-state index in [4.69, 9.17) is 4.18 Å². The molecule has 0 saturated heterocycles. The van der Waals surface area contributed by atoms with E-state index >= 15 is 0 Å². The fourth-order valence-corrected chi connectivity index (χ4v) is 6.41. The minimum Gasteiger partial charge on any atom is -0.267 e. The summed E-state index contributed by atoms with van der Waals surface area (Å²) in [6, 6.07) is 0. The molecule has 0 N–H and O–H groups in total. The van der Waals surface area contributed by atoms with Crippen molar-refractivity contribution in [2.75, 3.05) is 6.26 Å². The standard InChI is InChI=1S/C16H26O3S/c1-10-6-7-16-9-12(10)15(3,4)14(16)13(8-11(16)2)19-20(5,17)18/h6,11-14H,7-9H2,1-5H3/t11-,12+,13+,14+,16+/m1/s1. The number of allylic oxidation sites excluding steroid dienone is 2. The number of fused-ring (bicyclic) bond motifs is 1. The van der Waals surface area contributed by atoms with Crippen LogP contribution in [0.4, 0.5) is 0 Å². The second-order valence-electron chi connectivity index (χ2n) is 7.92. The third kappa shape index (κ3) is 1.83. The van der Waals surface area contributed by atoms with Crippen molar-refractivity contribution in [2.24, 2.45) is 28.6 Å². The zero-order valence-electron chi connectivity index (χ0n) is 13.1. The lowest BCUT2D eigenvalue weighted by molar-refractivity contribution is 0.0498. The molecule has 2 saturated carbocycles. The zero-order chi connectivity index (χ0) is 14.9. The summed E-state index contributed by atoms with van der Waals surface area (Å²) in [5.41, 5.74) is 1.86. The average Bonchev–Trinajstić information content (AvgIpc) is 2.63. The molecule has 4 heteroatoms. The summed E-state index contributed by atoms with van der Waals surface area (Å²) < 4.78 is 28.7. The van der Waals surface area contributed by atoms with E-state index < -0.39 is 10.1 Å². The average molecular weight is 298 g/mol. The molecule has 0 aliphatic heterocycles. The van der Waals surface area contributed by atoms with Gasteiger partial charge in [0.15, 0.2) is 0 Å². The topological polar surface area (TPSA) is 43.4 Å². The van der Waals surface area contributed by atoms with Crippen LogP contribution in [0.3, 0.4) is 0 Å². The second-order valence-corrected chi connectivity index (χ2v) is 9.52. The summed E-state index contributed by atoms with van der Waals surface area (Å²) in [7, 11) is -3.38. The fraction of sp³-hybridized carbons (Fsp3) is 0.875. The van der Waals surface area contributed by atoms with Gasteiger partial charge in [-0.05, 0) is 54.8 Å². The van der Waals surface area contributed by atoms with Crippen LogP contribution >= 0.6 is 0 Å². The van der Waals surface area contributed by atoms with Gasteiger partial charge in [-0.15, -0.1) is 0 Å². The van der Waals surface area contributed by atoms with Gasteiger partial charge >= 0.3 is 0 Å². The summed E-state index contributed by atoms with van der Waals surface area (Å²) in [6.45, 7) is 9.13. The Hall–Kier alpha value is -0.350. The zero-order valence-corrected chi connectivity index (χ0v) is 14.0. The summed E-state index contributed by atoms with van der Waals surface area (Å²) in [5, 5.41) is 0. The van der Waals surface area contributed by atoms with Crippen LogP contribution in [-0.2, 0) is 14.3 Å². The van der Waals surface area contributed by atoms with Crippen molar-refractivity contribution in [3.63, 3.8) is 0 Å². The summed E-state index contributed by atoms with van der Waals surface area (Å²) in [6.07, 6.45) is 6.61. The molecule has 2 fully saturated rings. The monoisotopic (exact) mass is 298 g/mol. The lowest BCUT2D eigenvalue weighted by Crippen LogP contribution is -2.37. The van der Waals surface area contributed by atoms with E-state index in [2.05, 4.69) is 33.8 Å². The third-order valence-electron chi connectivity index (χ3n) is 6.49. The van der Waals surface area contributed by atoms with Crippen LogP contribution in [-0.4, -0.2) is 20.8 Å². The first-order chi connectivity index (χ1) is 9.08. The smallest absolute Gasteiger partial charge is 0.264 e. The van der Waals surface area contributed by atoms with Crippen LogP contribution in [0.15, 0.2) is 11.6 Å². The predicted octanol–water partition coefficient (Wildman–Crippen LogP) is 3.37. The van der Waals surface area contributed by atoms with Gasteiger partial charge in [-0.1, -0.05) is 32.4 Å². The third-order valence-corrected chi connectivity index (χ3v) is 7.09. The normalized spacial score (nSPS) is 46.1. The van der Waals surface area contributed by atoms with Gasteiger partial charge in [0.05, 0.1) is 12.4 Å². The molecule has 3 aliphatic rings. The Morgan fingerprint density at radius 3 is 2.60 bits per heavy atom. The van der Waals surface area contributed by atoms with Crippen molar-refractivity contribution in [3.8, 4) is 0 Å². The first-order valence-corrected chi connectivity index (χ1v) is 9.44. The van der Waals surface area contributed by atoms with E-state index in [1.54, 1.807) is 0 Å². The molecule has 3 rings (SSSR count). The van der Waals surface area contributed by atoms with Crippen molar-refractivity contribution in [1.82, 2.24) is 0 Å². The van der Waals surface area contributed by atoms with E-state index in [0.29, 0.717) is 17.8 Å². The van der Waals surface area contributed by atoms with Gasteiger partial charge in [0, 0.05) is 0 Å². The van der Waals surface area contributed by atoms with Crippen LogP contribution in [0.5, 0.6) is 0 Å². The van der Waals surface area contributed by atoms with Crippen molar-refractivity contribution in [2.45, 2.75) is 53.1 Å². The van der Waals surface area contributed by atoms with Crippen LogP contribution in [0.1, 0.15) is 47.0 Å². The van der Waals surface area contributed by atoms with Gasteiger partial charge < -0.3 is 0 Å². The molecule has 0 amide bonds. The molecular formula is C16H26O3S. The van der Waals surface area contributed by atoms with Gasteiger partial charge in [-0.2, -0.15) is 8.42 Å². The van der Waals surface area contributed by atoms with Crippen molar-refractivity contribution in [3.05, 3.63) is 11.6 Å². The van der Waals surface area contributed by atoms with E-state index in [-0.39, 0.29) is 16.9 Å². The van der Waals surface area contributed by atoms with Gasteiger partial charge in [-0.3, -0.25) is 4.18 Å². The Bertz CT molecular complexity index is 560. The van der Waals surface area contributed by atoms with Crippen molar-refractivity contribution < 1.29 is 12.6 Å². The molecule has 3 nitrogen and oxygen atoms in total. The maximum Gasteiger partial charge on any atom is 0.264 e. The molecule has 2 bridgehead atoms. The molecule has 0 radical (unpaired) electrons. The molecule has 114 valence electrons. The Balaban J connectivity index is 2.04. The quantitative estimate of drug-likeness (QED) is 0.580. The van der Waals surface area contributed by atoms with E-state index in [1.165, 1.54) is 18.2 Å². The van der Waals surface area contributed by atoms with E-state index in [9.17, 15) is 8.42 Å². The fourth-order valence-electron chi connectivity index (χ4n) is 5.78. The molecular weight excluding hydrogens is 272 g/mol. The highest BCUT2D eigenvalue weighted by atomic mass is 32.2. The Morgan fingerprint density at radius 1 is 1.35 bits per heavy atom. The summed E-state index contributed by atoms with van der Waals surface area (Å²) in [5.74, 6) is 1.46. The van der Waals surface area contributed by atoms with Crippen LogP contribution < -0.4 is 0 Å². The molecule has 0 aromatic carbocycles. The first kappa shape index (κ1) is 14.6. The highest BCUT2D eigenvalue weighted by Crippen LogP contribution is 2.71. The van der Waals surface area contributed by atoms with Crippen molar-refractivity contribution >= 4 is 10.1 Å². The van der Waals surface area contributed by atoms with Gasteiger partial charge in [-0.25, -0.2) is 0 Å². The van der Waals surface area contributed by atoms with Gasteiger partial charge in [0.25, 0.3) is 10.1 Å². The maximum atomic E-state index is 11.6. The van der Waals surface area contributed by atoms with E-state index in [0.717, 1.165) is 12.8 Å². The van der Waals surface area contributed by atoms with Crippen LogP contribution in [0.2, 0.25) is 0 Å². The highest BCUT2D eigenvalue weighted by Gasteiger charge is 2.67. The molecule has 5 atom stereocenters.